The minimum Gasteiger partial charge on any atom is -0.391 e. The Morgan fingerprint density at radius 1 is 1.17 bits per heavy atom. The summed E-state index contributed by atoms with van der Waals surface area (Å²) in [5, 5.41) is 15.9. The second-order valence-electron chi connectivity index (χ2n) is 9.11. The van der Waals surface area contributed by atoms with Crippen LogP contribution in [0.5, 0.6) is 0 Å². The van der Waals surface area contributed by atoms with E-state index in [-0.39, 0.29) is 43.7 Å². The van der Waals surface area contributed by atoms with Crippen LogP contribution in [0.2, 0.25) is 0 Å². The number of rotatable bonds is 9. The third-order valence-corrected chi connectivity index (χ3v) is 7.55. The van der Waals surface area contributed by atoms with Crippen LogP contribution >= 0.6 is 11.3 Å². The number of aromatic nitrogens is 2. The van der Waals surface area contributed by atoms with Gasteiger partial charge in [-0.15, -0.1) is 11.3 Å². The normalized spacial score (nSPS) is 18.6. The van der Waals surface area contributed by atoms with Crippen LogP contribution in [-0.2, 0) is 11.2 Å². The zero-order chi connectivity index (χ0) is 25.0. The molecule has 4 rings (SSSR count). The maximum Gasteiger partial charge on any atom is 0.271 e. The van der Waals surface area contributed by atoms with E-state index in [4.69, 9.17) is 5.73 Å². The average molecular weight is 503 g/mol. The van der Waals surface area contributed by atoms with Gasteiger partial charge in [0.15, 0.2) is 0 Å². The van der Waals surface area contributed by atoms with E-state index in [1.807, 2.05) is 23.6 Å². The van der Waals surface area contributed by atoms with Crippen molar-refractivity contribution in [1.29, 1.82) is 0 Å². The number of primary amides is 1. The zero-order valence-electron chi connectivity index (χ0n) is 19.1. The fourth-order valence-corrected chi connectivity index (χ4v) is 5.43. The van der Waals surface area contributed by atoms with Gasteiger partial charge < -0.3 is 16.2 Å². The molecular formula is C25H28F2N4O3S. The molecule has 1 aliphatic rings. The van der Waals surface area contributed by atoms with Crippen molar-refractivity contribution in [1.82, 2.24) is 15.3 Å². The van der Waals surface area contributed by atoms with E-state index >= 15 is 0 Å². The Morgan fingerprint density at radius 2 is 1.89 bits per heavy atom. The molecule has 1 aliphatic carbocycles. The number of aliphatic hydroxyl groups is 1. The third-order valence-electron chi connectivity index (χ3n) is 6.66. The number of amides is 2. The van der Waals surface area contributed by atoms with E-state index in [9.17, 15) is 23.5 Å². The van der Waals surface area contributed by atoms with Gasteiger partial charge in [-0.25, -0.2) is 13.8 Å². The number of nitrogens with one attached hydrogen (secondary N) is 1. The number of halogens is 2. The Labute approximate surface area is 205 Å². The van der Waals surface area contributed by atoms with Crippen LogP contribution in [0.3, 0.4) is 0 Å². The van der Waals surface area contributed by atoms with Crippen LogP contribution in [-0.4, -0.2) is 45.0 Å². The average Bonchev–Trinajstić information content (AvgIpc) is 3.35. The van der Waals surface area contributed by atoms with Gasteiger partial charge in [0.25, 0.3) is 5.91 Å². The molecule has 1 aromatic carbocycles. The number of benzene rings is 1. The molecule has 2 heterocycles. The van der Waals surface area contributed by atoms with E-state index in [0.29, 0.717) is 17.5 Å². The van der Waals surface area contributed by atoms with Crippen molar-refractivity contribution in [2.45, 2.75) is 56.6 Å². The fraction of sp³-hybridized carbons (Fsp3) is 0.440. The molecule has 1 saturated carbocycles. The Morgan fingerprint density at radius 3 is 2.54 bits per heavy atom. The molecule has 0 aliphatic heterocycles. The summed E-state index contributed by atoms with van der Waals surface area (Å²) >= 11 is 1.48. The van der Waals surface area contributed by atoms with Gasteiger partial charge in [-0.1, -0.05) is 18.2 Å². The van der Waals surface area contributed by atoms with Crippen LogP contribution in [0.25, 0.3) is 11.0 Å². The predicted molar refractivity (Wildman–Crippen MR) is 129 cm³/mol. The second-order valence-corrected chi connectivity index (χ2v) is 10.1. The minimum absolute atomic E-state index is 0.0225. The molecule has 10 heteroatoms. The van der Waals surface area contributed by atoms with Crippen molar-refractivity contribution in [2.75, 3.05) is 0 Å². The molecule has 4 N–H and O–H groups in total. The van der Waals surface area contributed by atoms with Gasteiger partial charge >= 0.3 is 0 Å². The second kappa shape index (κ2) is 10.7. The highest BCUT2D eigenvalue weighted by atomic mass is 32.1. The molecule has 3 unspecified atom stereocenters. The summed E-state index contributed by atoms with van der Waals surface area (Å²) in [6.45, 7) is 0. The van der Waals surface area contributed by atoms with E-state index < -0.39 is 35.8 Å². The summed E-state index contributed by atoms with van der Waals surface area (Å²) in [5.74, 6) is -4.94. The summed E-state index contributed by atoms with van der Waals surface area (Å²) < 4.78 is 27.2. The van der Waals surface area contributed by atoms with Gasteiger partial charge in [0.2, 0.25) is 11.8 Å². The molecule has 0 radical (unpaired) electrons. The minimum atomic E-state index is -2.73. The van der Waals surface area contributed by atoms with Crippen LogP contribution in [0.1, 0.15) is 47.5 Å². The van der Waals surface area contributed by atoms with Gasteiger partial charge in [-0.3, -0.25) is 14.6 Å². The number of nitrogens with two attached hydrogens (primary N) is 1. The smallest absolute Gasteiger partial charge is 0.271 e. The molecule has 1 fully saturated rings. The lowest BCUT2D eigenvalue weighted by Crippen LogP contribution is -2.47. The quantitative estimate of drug-likeness (QED) is 0.412. The summed E-state index contributed by atoms with van der Waals surface area (Å²) in [6, 6.07) is 10.2. The highest BCUT2D eigenvalue weighted by Gasteiger charge is 2.40. The third kappa shape index (κ3) is 6.37. The molecule has 186 valence electrons. The number of carbonyl (C=O) groups excluding carboxylic acids is 2. The Kier molecular flexibility index (Phi) is 7.71. The van der Waals surface area contributed by atoms with Crippen molar-refractivity contribution >= 4 is 34.2 Å². The zero-order valence-corrected chi connectivity index (χ0v) is 19.9. The number of hydrogen-bond acceptors (Lipinski definition) is 6. The lowest BCUT2D eigenvalue weighted by molar-refractivity contribution is -0.127. The van der Waals surface area contributed by atoms with Crippen molar-refractivity contribution in [2.24, 2.45) is 17.6 Å². The number of hydrogen-bond donors (Lipinski definition) is 3. The first kappa shape index (κ1) is 25.1. The monoisotopic (exact) mass is 502 g/mol. The molecule has 35 heavy (non-hydrogen) atoms. The van der Waals surface area contributed by atoms with Crippen molar-refractivity contribution in [3.8, 4) is 0 Å². The number of carbonyl (C=O) groups is 2. The molecule has 3 aromatic rings. The largest absolute Gasteiger partial charge is 0.391 e. The highest BCUT2D eigenvalue weighted by Crippen LogP contribution is 2.40. The summed E-state index contributed by atoms with van der Waals surface area (Å²) in [6.07, 6.45) is 0.311. The van der Waals surface area contributed by atoms with Crippen LogP contribution in [0, 0.1) is 11.8 Å². The van der Waals surface area contributed by atoms with Gasteiger partial charge in [-0.05, 0) is 48.8 Å². The molecular weight excluding hydrogens is 474 g/mol. The van der Waals surface area contributed by atoms with Crippen molar-refractivity contribution < 1.29 is 23.5 Å². The van der Waals surface area contributed by atoms with Crippen molar-refractivity contribution in [3.05, 3.63) is 58.5 Å². The predicted octanol–water partition coefficient (Wildman–Crippen LogP) is 3.71. The molecule has 2 aromatic heterocycles. The van der Waals surface area contributed by atoms with E-state index in [0.717, 1.165) is 4.88 Å². The van der Waals surface area contributed by atoms with Crippen LogP contribution < -0.4 is 11.1 Å². The molecule has 7 nitrogen and oxygen atoms in total. The van der Waals surface area contributed by atoms with Gasteiger partial charge in [-0.2, -0.15) is 0 Å². The standard InChI is InChI=1S/C25H28F2N4O3S/c26-25(27)9-7-15(8-10-25)17(23(28)33)13-22(32)20(12-16-4-3-11-35-16)31-24(34)21-14-29-18-5-1-2-6-19(18)30-21/h1-6,11,14-15,17,20,22,32H,7-10,12-13H2,(H2,28,33)(H,31,34). The maximum absolute atomic E-state index is 13.6. The highest BCUT2D eigenvalue weighted by molar-refractivity contribution is 7.09. The first-order valence-electron chi connectivity index (χ1n) is 11.6. The van der Waals surface area contributed by atoms with Crippen LogP contribution in [0.4, 0.5) is 8.78 Å². The molecule has 2 amide bonds. The van der Waals surface area contributed by atoms with Gasteiger partial charge in [0.1, 0.15) is 5.69 Å². The topological polar surface area (TPSA) is 118 Å². The molecule has 0 spiro atoms. The molecule has 0 saturated heterocycles. The van der Waals surface area contributed by atoms with Crippen LogP contribution in [0.15, 0.2) is 48.0 Å². The number of fused-ring (bicyclic) bond motifs is 1. The number of aliphatic hydroxyl groups excluding tert-OH is 1. The summed E-state index contributed by atoms with van der Waals surface area (Å²) in [5.41, 5.74) is 6.95. The number of thiophene rings is 1. The number of nitrogens with zero attached hydrogens (tertiary/aromatic N) is 2. The summed E-state index contributed by atoms with van der Waals surface area (Å²) in [7, 11) is 0. The van der Waals surface area contributed by atoms with Gasteiger partial charge in [0, 0.05) is 30.1 Å². The van der Waals surface area contributed by atoms with Crippen molar-refractivity contribution in [3.63, 3.8) is 0 Å². The Balaban J connectivity index is 1.50. The molecule has 0 bridgehead atoms. The maximum atomic E-state index is 13.6. The van der Waals surface area contributed by atoms with E-state index in [1.165, 1.54) is 17.5 Å². The fourth-order valence-electron chi connectivity index (χ4n) is 4.67. The van der Waals surface area contributed by atoms with E-state index in [2.05, 4.69) is 15.3 Å². The summed E-state index contributed by atoms with van der Waals surface area (Å²) in [4.78, 5) is 34.8. The Bertz CT molecular complexity index is 1160. The number of para-hydroxylation sites is 2. The lowest BCUT2D eigenvalue weighted by Gasteiger charge is -2.34. The first-order valence-corrected chi connectivity index (χ1v) is 12.5. The molecule has 3 atom stereocenters. The van der Waals surface area contributed by atoms with Gasteiger partial charge in [0.05, 0.1) is 29.4 Å². The van der Waals surface area contributed by atoms with E-state index in [1.54, 1.807) is 18.2 Å². The number of alkyl halides is 2. The Hall–Kier alpha value is -2.98. The lowest BCUT2D eigenvalue weighted by atomic mass is 9.75. The first-order chi connectivity index (χ1) is 16.7. The SMILES string of the molecule is NC(=O)C(CC(O)C(Cc1cccs1)NC(=O)c1cnc2ccccc2n1)C1CCC(F)(F)CC1.